The highest BCUT2D eigenvalue weighted by atomic mass is 16.5. The van der Waals surface area contributed by atoms with Crippen LogP contribution >= 0.6 is 0 Å². The van der Waals surface area contributed by atoms with Gasteiger partial charge in [-0.2, -0.15) is 0 Å². The van der Waals surface area contributed by atoms with Gasteiger partial charge in [0.05, 0.1) is 27.0 Å². The molecule has 0 saturated heterocycles. The highest BCUT2D eigenvalue weighted by Gasteiger charge is 2.24. The summed E-state index contributed by atoms with van der Waals surface area (Å²) in [6.07, 6.45) is 3.79. The Hall–Kier alpha value is -4.34. The summed E-state index contributed by atoms with van der Waals surface area (Å²) < 4.78 is 17.2. The lowest BCUT2D eigenvalue weighted by Crippen LogP contribution is -2.44. The third-order valence-electron chi connectivity index (χ3n) is 5.53. The van der Waals surface area contributed by atoms with E-state index in [9.17, 15) is 9.59 Å². The Morgan fingerprint density at radius 1 is 1.11 bits per heavy atom. The van der Waals surface area contributed by atoms with Crippen molar-refractivity contribution >= 4 is 22.8 Å². The zero-order chi connectivity index (χ0) is 24.8. The van der Waals surface area contributed by atoms with Crippen molar-refractivity contribution in [2.45, 2.75) is 25.9 Å². The molecular weight excluding hydrogens is 450 g/mol. The van der Waals surface area contributed by atoms with E-state index in [1.54, 1.807) is 39.5 Å². The molecule has 182 valence electrons. The Morgan fingerprint density at radius 3 is 2.69 bits per heavy atom. The maximum Gasteiger partial charge on any atom is 0.328 e. The largest absolute Gasteiger partial charge is 0.493 e. The fourth-order valence-electron chi connectivity index (χ4n) is 3.85. The number of H-pyrrole nitrogens is 1. The number of carbonyl (C=O) groups excluding carboxylic acids is 2. The van der Waals surface area contributed by atoms with Crippen LogP contribution in [-0.2, 0) is 27.3 Å². The van der Waals surface area contributed by atoms with E-state index >= 15 is 0 Å². The topological polar surface area (TPSA) is 120 Å². The van der Waals surface area contributed by atoms with E-state index in [2.05, 4.69) is 20.6 Å². The smallest absolute Gasteiger partial charge is 0.328 e. The lowest BCUT2D eigenvalue weighted by atomic mass is 10.0. The number of ether oxygens (including phenoxy) is 3. The van der Waals surface area contributed by atoms with Gasteiger partial charge in [0.15, 0.2) is 11.5 Å². The molecular formula is C25H27N5O5. The molecule has 0 saturated carbocycles. The predicted molar refractivity (Wildman–Crippen MR) is 129 cm³/mol. The Morgan fingerprint density at radius 2 is 1.91 bits per heavy atom. The van der Waals surface area contributed by atoms with Crippen molar-refractivity contribution in [2.75, 3.05) is 20.8 Å². The second-order valence-electron chi connectivity index (χ2n) is 7.81. The molecule has 2 N–H and O–H groups in total. The fourth-order valence-corrected chi connectivity index (χ4v) is 3.85. The van der Waals surface area contributed by atoms with Crippen molar-refractivity contribution in [3.63, 3.8) is 0 Å². The first-order valence-corrected chi connectivity index (χ1v) is 11.2. The number of esters is 1. The van der Waals surface area contributed by atoms with Crippen LogP contribution in [0.1, 0.15) is 12.5 Å². The average Bonchev–Trinajstić information content (AvgIpc) is 3.50. The quantitative estimate of drug-likeness (QED) is 0.337. The molecule has 10 nitrogen and oxygen atoms in total. The minimum Gasteiger partial charge on any atom is -0.493 e. The third-order valence-corrected chi connectivity index (χ3v) is 5.53. The van der Waals surface area contributed by atoms with E-state index in [1.165, 1.54) is 4.68 Å². The van der Waals surface area contributed by atoms with Crippen LogP contribution in [0.5, 0.6) is 11.5 Å². The summed E-state index contributed by atoms with van der Waals surface area (Å²) in [5.74, 6) is 0.289. The van der Waals surface area contributed by atoms with Crippen LogP contribution in [0.2, 0.25) is 0 Å². The van der Waals surface area contributed by atoms with Gasteiger partial charge in [-0.3, -0.25) is 4.79 Å². The van der Waals surface area contributed by atoms with Crippen LogP contribution in [-0.4, -0.2) is 58.7 Å². The minimum atomic E-state index is -0.838. The normalized spacial score (nSPS) is 11.7. The molecule has 2 heterocycles. The van der Waals surface area contributed by atoms with Gasteiger partial charge in [0, 0.05) is 29.1 Å². The number of amides is 1. The van der Waals surface area contributed by atoms with Crippen LogP contribution in [0, 0.1) is 0 Å². The average molecular weight is 478 g/mol. The number of rotatable bonds is 10. The number of hydrogen-bond acceptors (Lipinski definition) is 7. The summed E-state index contributed by atoms with van der Waals surface area (Å²) in [6.45, 7) is 1.84. The van der Waals surface area contributed by atoms with E-state index in [-0.39, 0.29) is 19.1 Å². The van der Waals surface area contributed by atoms with Crippen molar-refractivity contribution in [3.05, 3.63) is 60.4 Å². The molecule has 0 aliphatic heterocycles. The molecule has 4 aromatic rings. The number of fused-ring (bicyclic) bond motifs is 1. The lowest BCUT2D eigenvalue weighted by Gasteiger charge is -2.17. The molecule has 2 aromatic carbocycles. The Balaban J connectivity index is 1.46. The van der Waals surface area contributed by atoms with Crippen molar-refractivity contribution in [1.82, 2.24) is 25.3 Å². The van der Waals surface area contributed by atoms with Crippen LogP contribution in [0.3, 0.4) is 0 Å². The lowest BCUT2D eigenvalue weighted by molar-refractivity contribution is -0.147. The molecule has 0 radical (unpaired) electrons. The molecule has 0 aliphatic rings. The molecule has 0 unspecified atom stereocenters. The zero-order valence-electron chi connectivity index (χ0n) is 19.8. The van der Waals surface area contributed by atoms with E-state index in [0.717, 1.165) is 22.0 Å². The summed E-state index contributed by atoms with van der Waals surface area (Å²) in [5, 5.41) is 12.0. The van der Waals surface area contributed by atoms with Gasteiger partial charge in [-0.05, 0) is 36.8 Å². The number of aromatic nitrogens is 4. The number of benzene rings is 2. The van der Waals surface area contributed by atoms with Gasteiger partial charge in [0.25, 0.3) is 0 Å². The van der Waals surface area contributed by atoms with Crippen LogP contribution in [0.25, 0.3) is 22.2 Å². The van der Waals surface area contributed by atoms with Crippen LogP contribution in [0.15, 0.2) is 54.9 Å². The molecule has 1 atom stereocenters. The zero-order valence-corrected chi connectivity index (χ0v) is 19.8. The monoisotopic (exact) mass is 477 g/mol. The summed E-state index contributed by atoms with van der Waals surface area (Å²) in [6, 6.07) is 12.3. The molecule has 10 heteroatoms. The summed E-state index contributed by atoms with van der Waals surface area (Å²) >= 11 is 0. The Labute approximate surface area is 202 Å². The highest BCUT2D eigenvalue weighted by molar-refractivity contribution is 5.87. The maximum atomic E-state index is 12.8. The first-order chi connectivity index (χ1) is 17.0. The second kappa shape index (κ2) is 10.7. The van der Waals surface area contributed by atoms with Gasteiger partial charge in [-0.1, -0.05) is 23.4 Å². The Bertz CT molecular complexity index is 1330. The van der Waals surface area contributed by atoms with Crippen molar-refractivity contribution in [3.8, 4) is 22.8 Å². The number of nitrogens with zero attached hydrogens (tertiary/aromatic N) is 3. The fraction of sp³-hybridized carbons (Fsp3) is 0.280. The predicted octanol–water partition coefficient (Wildman–Crippen LogP) is 2.73. The van der Waals surface area contributed by atoms with Gasteiger partial charge in [0.2, 0.25) is 5.91 Å². The number of nitrogens with one attached hydrogen (secondary N) is 2. The van der Waals surface area contributed by atoms with E-state index in [1.807, 2.05) is 36.5 Å². The first kappa shape index (κ1) is 23.8. The van der Waals surface area contributed by atoms with Crippen molar-refractivity contribution < 1.29 is 23.8 Å². The van der Waals surface area contributed by atoms with Gasteiger partial charge >= 0.3 is 5.97 Å². The molecule has 0 bridgehead atoms. The SMILES string of the molecule is CCOC(=O)[C@H](Cc1c[nH]c2ccccc12)NC(=O)Cn1cc(-c2ccc(OC)c(OC)c2)nn1. The number of hydrogen-bond donors (Lipinski definition) is 2. The molecule has 0 spiro atoms. The molecule has 35 heavy (non-hydrogen) atoms. The van der Waals surface area contributed by atoms with Crippen LogP contribution < -0.4 is 14.8 Å². The number of methoxy groups -OCH3 is 2. The standard InChI is InChI=1S/C25H27N5O5/c1-4-35-25(32)20(11-17-13-26-19-8-6-5-7-18(17)19)27-24(31)15-30-14-21(28-29-30)16-9-10-22(33-2)23(12-16)34-3/h5-10,12-14,20,26H,4,11,15H2,1-3H3,(H,27,31)/t20-/m0/s1. The molecule has 0 aliphatic carbocycles. The van der Waals surface area contributed by atoms with Gasteiger partial charge < -0.3 is 24.5 Å². The highest BCUT2D eigenvalue weighted by Crippen LogP contribution is 2.31. The number of aromatic amines is 1. The number of carbonyl (C=O) groups is 2. The van der Waals surface area contributed by atoms with Gasteiger partial charge in [-0.15, -0.1) is 5.10 Å². The summed E-state index contributed by atoms with van der Waals surface area (Å²) in [7, 11) is 3.12. The Kier molecular flexibility index (Phi) is 7.30. The van der Waals surface area contributed by atoms with Crippen LogP contribution in [0.4, 0.5) is 0 Å². The van der Waals surface area contributed by atoms with Gasteiger partial charge in [-0.25, -0.2) is 9.48 Å². The van der Waals surface area contributed by atoms with E-state index in [0.29, 0.717) is 23.6 Å². The number of para-hydroxylation sites is 1. The second-order valence-corrected chi connectivity index (χ2v) is 7.81. The maximum absolute atomic E-state index is 12.8. The van der Waals surface area contributed by atoms with Crippen molar-refractivity contribution in [1.29, 1.82) is 0 Å². The van der Waals surface area contributed by atoms with E-state index < -0.39 is 12.0 Å². The van der Waals surface area contributed by atoms with E-state index in [4.69, 9.17) is 14.2 Å². The minimum absolute atomic E-state index is 0.107. The first-order valence-electron chi connectivity index (χ1n) is 11.2. The summed E-state index contributed by atoms with van der Waals surface area (Å²) in [4.78, 5) is 28.6. The van der Waals surface area contributed by atoms with Crippen molar-refractivity contribution in [2.24, 2.45) is 0 Å². The molecule has 2 aromatic heterocycles. The molecule has 4 rings (SSSR count). The summed E-state index contributed by atoms with van der Waals surface area (Å²) in [5.41, 5.74) is 3.20. The molecule has 0 fully saturated rings. The third kappa shape index (κ3) is 5.43. The van der Waals surface area contributed by atoms with Gasteiger partial charge in [0.1, 0.15) is 18.3 Å². The molecule has 1 amide bonds.